The lowest BCUT2D eigenvalue weighted by Gasteiger charge is -2.18. The third kappa shape index (κ3) is 4.43. The van der Waals surface area contributed by atoms with Crippen molar-refractivity contribution in [1.82, 2.24) is 9.13 Å². The summed E-state index contributed by atoms with van der Waals surface area (Å²) in [6.07, 6.45) is 5.77. The minimum Gasteiger partial charge on any atom is -0.312 e. The summed E-state index contributed by atoms with van der Waals surface area (Å²) < 4.78 is 7.63. The van der Waals surface area contributed by atoms with E-state index in [9.17, 15) is 0 Å². The van der Waals surface area contributed by atoms with Crippen molar-refractivity contribution in [2.24, 2.45) is 5.92 Å². The average Bonchev–Trinajstić information content (AvgIpc) is 3.85. The van der Waals surface area contributed by atoms with E-state index in [1.807, 2.05) is 11.3 Å². The van der Waals surface area contributed by atoms with Crippen LogP contribution in [0.15, 0.2) is 164 Å². The predicted octanol–water partition coefficient (Wildman–Crippen LogP) is 13.6. The number of hydrogen-bond donors (Lipinski definition) is 0. The van der Waals surface area contributed by atoms with E-state index in [4.69, 9.17) is 0 Å². The molecule has 3 heteroatoms. The fourth-order valence-corrected chi connectivity index (χ4v) is 9.82. The molecule has 0 bridgehead atoms. The monoisotopic (exact) mass is 682 g/mol. The van der Waals surface area contributed by atoms with Crippen LogP contribution in [0.25, 0.3) is 92.6 Å². The van der Waals surface area contributed by atoms with Crippen LogP contribution in [0.2, 0.25) is 0 Å². The highest BCUT2D eigenvalue weighted by Gasteiger charge is 2.23. The van der Waals surface area contributed by atoms with E-state index in [0.717, 1.165) is 6.42 Å². The zero-order chi connectivity index (χ0) is 34.3. The molecule has 7 aromatic carbocycles. The van der Waals surface area contributed by atoms with Crippen molar-refractivity contribution in [2.75, 3.05) is 0 Å². The highest BCUT2D eigenvalue weighted by Crippen LogP contribution is 2.43. The number of allylic oxidation sites excluding steroid dienone is 1. The zero-order valence-corrected chi connectivity index (χ0v) is 29.6. The number of nitrogens with zero attached hydrogens (tertiary/aromatic N) is 2. The molecule has 3 heterocycles. The molecule has 0 saturated carbocycles. The summed E-state index contributed by atoms with van der Waals surface area (Å²) in [5.74, 6) is 0.489. The molecular formula is C49H34N2S. The van der Waals surface area contributed by atoms with Crippen LogP contribution < -0.4 is 0 Å². The largest absolute Gasteiger partial charge is 0.312 e. The van der Waals surface area contributed by atoms with Gasteiger partial charge < -0.3 is 9.13 Å². The van der Waals surface area contributed by atoms with E-state index in [1.54, 1.807) is 0 Å². The molecule has 1 aliphatic rings. The van der Waals surface area contributed by atoms with Gasteiger partial charge in [0.1, 0.15) is 0 Å². The second-order valence-corrected chi connectivity index (χ2v) is 15.3. The Morgan fingerprint density at radius 1 is 0.500 bits per heavy atom. The third-order valence-corrected chi connectivity index (χ3v) is 12.2. The first kappa shape index (κ1) is 29.6. The van der Waals surface area contributed by atoms with Crippen molar-refractivity contribution in [3.05, 3.63) is 175 Å². The van der Waals surface area contributed by atoms with Gasteiger partial charge in [0.2, 0.25) is 0 Å². The van der Waals surface area contributed by atoms with E-state index < -0.39 is 0 Å². The van der Waals surface area contributed by atoms with Gasteiger partial charge in [-0.3, -0.25) is 0 Å². The molecule has 0 amide bonds. The van der Waals surface area contributed by atoms with Gasteiger partial charge in [-0.25, -0.2) is 0 Å². The van der Waals surface area contributed by atoms with Gasteiger partial charge in [0.15, 0.2) is 0 Å². The van der Waals surface area contributed by atoms with Gasteiger partial charge in [0.25, 0.3) is 0 Å². The van der Waals surface area contributed by atoms with Crippen LogP contribution >= 0.6 is 11.3 Å². The smallest absolute Gasteiger partial charge is 0.0552 e. The second kappa shape index (κ2) is 11.4. The number of para-hydroxylation sites is 2. The molecule has 52 heavy (non-hydrogen) atoms. The topological polar surface area (TPSA) is 9.86 Å². The number of fused-ring (bicyclic) bond motifs is 9. The SMILES string of the molecule is CC1C=Cc2c(n(-c3cccc4sc5ccccc5c34)c3ccc(-c4cccc(-c5cccc(-n6c7ccccc7c7ccccc76)c5)c4)cc23)C1. The van der Waals surface area contributed by atoms with Crippen LogP contribution in [-0.4, -0.2) is 9.13 Å². The quantitative estimate of drug-likeness (QED) is 0.175. The molecule has 10 aromatic rings. The number of rotatable bonds is 4. The fraction of sp³-hybridized carbons (Fsp3) is 0.0612. The van der Waals surface area contributed by atoms with Crippen molar-refractivity contribution in [3.63, 3.8) is 0 Å². The van der Waals surface area contributed by atoms with Gasteiger partial charge in [-0.2, -0.15) is 0 Å². The second-order valence-electron chi connectivity index (χ2n) is 14.2. The van der Waals surface area contributed by atoms with Crippen molar-refractivity contribution in [2.45, 2.75) is 13.3 Å². The molecular weight excluding hydrogens is 649 g/mol. The summed E-state index contributed by atoms with van der Waals surface area (Å²) in [4.78, 5) is 0. The van der Waals surface area contributed by atoms with Crippen LogP contribution in [0.4, 0.5) is 0 Å². The molecule has 0 fully saturated rings. The maximum Gasteiger partial charge on any atom is 0.0552 e. The van der Waals surface area contributed by atoms with Crippen LogP contribution in [0.3, 0.4) is 0 Å². The molecule has 1 aliphatic carbocycles. The Morgan fingerprint density at radius 3 is 1.90 bits per heavy atom. The molecule has 0 N–H and O–H groups in total. The van der Waals surface area contributed by atoms with Gasteiger partial charge in [-0.15, -0.1) is 11.3 Å². The van der Waals surface area contributed by atoms with E-state index in [-0.39, 0.29) is 0 Å². The number of aromatic nitrogens is 2. The highest BCUT2D eigenvalue weighted by atomic mass is 32.1. The molecule has 3 aromatic heterocycles. The van der Waals surface area contributed by atoms with E-state index in [2.05, 4.69) is 186 Å². The van der Waals surface area contributed by atoms with Crippen molar-refractivity contribution >= 4 is 70.3 Å². The molecule has 246 valence electrons. The Balaban J connectivity index is 1.05. The maximum atomic E-state index is 2.56. The number of thiophene rings is 1. The van der Waals surface area contributed by atoms with Crippen LogP contribution in [0.1, 0.15) is 18.2 Å². The zero-order valence-electron chi connectivity index (χ0n) is 28.8. The van der Waals surface area contributed by atoms with Gasteiger partial charge in [-0.05, 0) is 95.3 Å². The Labute approximate surface area is 306 Å². The molecule has 2 nitrogen and oxygen atoms in total. The Kier molecular flexibility index (Phi) is 6.50. The first-order valence-corrected chi connectivity index (χ1v) is 19.0. The van der Waals surface area contributed by atoms with Crippen molar-refractivity contribution in [1.29, 1.82) is 0 Å². The third-order valence-electron chi connectivity index (χ3n) is 11.1. The highest BCUT2D eigenvalue weighted by molar-refractivity contribution is 7.25. The van der Waals surface area contributed by atoms with Gasteiger partial charge in [-0.1, -0.05) is 116 Å². The predicted molar refractivity (Wildman–Crippen MR) is 223 cm³/mol. The van der Waals surface area contributed by atoms with Crippen molar-refractivity contribution < 1.29 is 0 Å². The minimum absolute atomic E-state index is 0.489. The molecule has 0 saturated heterocycles. The standard InChI is InChI=1S/C49H34N2S/c1-31-23-25-39-41-30-35(24-26-44(41)51(46(39)27-31)45-20-10-22-48-49(45)40-17-4-7-21-47(40)52-48)33-12-8-11-32(28-33)34-13-9-14-36(29-34)50-42-18-5-2-15-37(42)38-16-3-6-19-43(38)50/h2-26,28-31H,27H2,1H3. The van der Waals surface area contributed by atoms with Crippen LogP contribution in [0.5, 0.6) is 0 Å². The summed E-state index contributed by atoms with van der Waals surface area (Å²) in [5.41, 5.74) is 13.8. The first-order valence-electron chi connectivity index (χ1n) is 18.2. The summed E-state index contributed by atoms with van der Waals surface area (Å²) in [6.45, 7) is 2.33. The Bertz CT molecular complexity index is 3020. The average molecular weight is 683 g/mol. The molecule has 0 aliphatic heterocycles. The van der Waals surface area contributed by atoms with E-state index in [0.29, 0.717) is 5.92 Å². The van der Waals surface area contributed by atoms with Crippen LogP contribution in [0, 0.1) is 5.92 Å². The summed E-state index contributed by atoms with van der Waals surface area (Å²) in [7, 11) is 0. The van der Waals surface area contributed by atoms with Gasteiger partial charge in [0.05, 0.1) is 22.2 Å². The molecule has 0 radical (unpaired) electrons. The Morgan fingerprint density at radius 2 is 1.12 bits per heavy atom. The molecule has 11 rings (SSSR count). The van der Waals surface area contributed by atoms with Gasteiger partial charge >= 0.3 is 0 Å². The summed E-state index contributed by atoms with van der Waals surface area (Å²) in [6, 6.07) is 58.2. The molecule has 0 spiro atoms. The van der Waals surface area contributed by atoms with Gasteiger partial charge in [0, 0.05) is 53.3 Å². The van der Waals surface area contributed by atoms with E-state index >= 15 is 0 Å². The molecule has 1 atom stereocenters. The lowest BCUT2D eigenvalue weighted by Crippen LogP contribution is -2.08. The van der Waals surface area contributed by atoms with E-state index in [1.165, 1.54) is 97.8 Å². The lowest BCUT2D eigenvalue weighted by atomic mass is 9.93. The van der Waals surface area contributed by atoms with Crippen molar-refractivity contribution in [3.8, 4) is 33.6 Å². The number of benzene rings is 7. The number of hydrogen-bond acceptors (Lipinski definition) is 1. The Hall–Kier alpha value is -6.16. The molecule has 1 unspecified atom stereocenters. The lowest BCUT2D eigenvalue weighted by molar-refractivity contribution is 0.691. The summed E-state index contributed by atoms with van der Waals surface area (Å²) >= 11 is 1.89. The van der Waals surface area contributed by atoms with Crippen LogP contribution in [-0.2, 0) is 6.42 Å². The normalized spacial score (nSPS) is 14.3. The summed E-state index contributed by atoms with van der Waals surface area (Å²) in [5, 5.41) is 6.56. The fourth-order valence-electron chi connectivity index (χ4n) is 8.69. The maximum absolute atomic E-state index is 2.56. The minimum atomic E-state index is 0.489. The first-order chi connectivity index (χ1) is 25.7.